The Morgan fingerprint density at radius 1 is 1.00 bits per heavy atom. The van der Waals surface area contributed by atoms with Gasteiger partial charge < -0.3 is 9.52 Å². The number of halogens is 3. The number of carboxylic acid groups (broad SMARTS) is 1. The molecule has 3 rings (SSSR count). The van der Waals surface area contributed by atoms with Gasteiger partial charge in [-0.05, 0) is 17.2 Å². The fourth-order valence-corrected chi connectivity index (χ4v) is 2.86. The van der Waals surface area contributed by atoms with Crippen molar-refractivity contribution >= 4 is 5.97 Å². The average molecular weight is 390 g/mol. The fraction of sp³-hybridized carbons (Fsp3) is 0.200. The number of oxazole rings is 1. The lowest BCUT2D eigenvalue weighted by molar-refractivity contribution is -0.138. The van der Waals surface area contributed by atoms with Crippen molar-refractivity contribution in [1.29, 1.82) is 0 Å². The van der Waals surface area contributed by atoms with Crippen molar-refractivity contribution in [2.75, 3.05) is 0 Å². The van der Waals surface area contributed by atoms with E-state index in [4.69, 9.17) is 9.52 Å². The summed E-state index contributed by atoms with van der Waals surface area (Å²) in [5, 5.41) is 8.97. The van der Waals surface area contributed by atoms with Crippen molar-refractivity contribution in [3.05, 3.63) is 89.1 Å². The van der Waals surface area contributed by atoms with Crippen LogP contribution in [0.15, 0.2) is 65.3 Å². The minimum Gasteiger partial charge on any atom is -0.476 e. The number of hydrogen-bond donors (Lipinski definition) is 1. The Bertz CT molecular complexity index is 939. The molecule has 1 heterocycles. The first-order valence-electron chi connectivity index (χ1n) is 8.42. The van der Waals surface area contributed by atoms with Crippen LogP contribution in [0, 0.1) is 0 Å². The molecule has 146 valence electrons. The average Bonchev–Trinajstić information content (AvgIpc) is 3.11. The van der Waals surface area contributed by atoms with E-state index in [1.807, 2.05) is 30.3 Å². The molecule has 3 aromatic rings. The van der Waals surface area contributed by atoms with E-state index in [2.05, 4.69) is 4.98 Å². The third-order valence-electron chi connectivity index (χ3n) is 4.10. The summed E-state index contributed by atoms with van der Waals surface area (Å²) in [5.74, 6) is -1.11. The maximum absolute atomic E-state index is 13.3. The van der Waals surface area contributed by atoms with Gasteiger partial charge in [0.25, 0.3) is 0 Å². The highest BCUT2D eigenvalue weighted by molar-refractivity contribution is 5.84. The van der Waals surface area contributed by atoms with E-state index in [1.165, 1.54) is 12.1 Å². The van der Waals surface area contributed by atoms with Gasteiger partial charge in [-0.15, -0.1) is 0 Å². The van der Waals surface area contributed by atoms with Crippen LogP contribution in [-0.2, 0) is 25.8 Å². The molecule has 8 heteroatoms. The van der Waals surface area contributed by atoms with Gasteiger partial charge in [0, 0.05) is 13.1 Å². The molecule has 0 saturated heterocycles. The molecule has 0 amide bonds. The lowest BCUT2D eigenvalue weighted by atomic mass is 10.1. The molecule has 5 nitrogen and oxygen atoms in total. The number of carboxylic acids is 1. The Morgan fingerprint density at radius 2 is 1.68 bits per heavy atom. The standard InChI is InChI=1S/C20H17F3N2O3/c21-20(22,23)16-9-5-4-8-15(16)11-25(10-14-6-2-1-3-7-14)12-18-24-17(13-28-18)19(26)27/h1-9,13H,10-12H2,(H,26,27). The predicted octanol–water partition coefficient (Wildman–Crippen LogP) is 4.59. The van der Waals surface area contributed by atoms with E-state index in [1.54, 1.807) is 11.0 Å². The lowest BCUT2D eigenvalue weighted by Crippen LogP contribution is -2.24. The maximum atomic E-state index is 13.3. The summed E-state index contributed by atoms with van der Waals surface area (Å²) >= 11 is 0. The molecule has 0 aliphatic carbocycles. The van der Waals surface area contributed by atoms with Crippen LogP contribution in [0.1, 0.15) is 33.1 Å². The molecule has 28 heavy (non-hydrogen) atoms. The number of carbonyl (C=O) groups is 1. The third-order valence-corrected chi connectivity index (χ3v) is 4.10. The Morgan fingerprint density at radius 3 is 2.32 bits per heavy atom. The van der Waals surface area contributed by atoms with Crippen LogP contribution in [-0.4, -0.2) is 21.0 Å². The predicted molar refractivity (Wildman–Crippen MR) is 94.3 cm³/mol. The minimum atomic E-state index is -4.46. The SMILES string of the molecule is O=C(O)c1coc(CN(Cc2ccccc2)Cc2ccccc2C(F)(F)F)n1. The van der Waals surface area contributed by atoms with Gasteiger partial charge >= 0.3 is 12.1 Å². The topological polar surface area (TPSA) is 66.6 Å². The van der Waals surface area contributed by atoms with Gasteiger partial charge in [-0.1, -0.05) is 48.5 Å². The molecule has 1 N–H and O–H groups in total. The van der Waals surface area contributed by atoms with Gasteiger partial charge in [0.2, 0.25) is 5.89 Å². The number of aromatic carboxylic acids is 1. The minimum absolute atomic E-state index is 0.00460. The van der Waals surface area contributed by atoms with Gasteiger partial charge in [-0.3, -0.25) is 4.90 Å². The Hall–Kier alpha value is -3.13. The van der Waals surface area contributed by atoms with E-state index in [0.717, 1.165) is 17.9 Å². The molecule has 0 aliphatic rings. The second-order valence-corrected chi connectivity index (χ2v) is 6.22. The van der Waals surface area contributed by atoms with Crippen LogP contribution in [0.5, 0.6) is 0 Å². The summed E-state index contributed by atoms with van der Waals surface area (Å²) in [5.41, 5.74) is 0.0741. The summed E-state index contributed by atoms with van der Waals surface area (Å²) < 4.78 is 45.2. The summed E-state index contributed by atoms with van der Waals surface area (Å²) in [6.07, 6.45) is -3.45. The van der Waals surface area contributed by atoms with Crippen LogP contribution < -0.4 is 0 Å². The van der Waals surface area contributed by atoms with Crippen molar-refractivity contribution in [1.82, 2.24) is 9.88 Å². The highest BCUT2D eigenvalue weighted by Gasteiger charge is 2.33. The zero-order chi connectivity index (χ0) is 20.1. The molecule has 1 aromatic heterocycles. The molecule has 0 atom stereocenters. The van der Waals surface area contributed by atoms with E-state index in [0.29, 0.717) is 6.54 Å². The zero-order valence-corrected chi connectivity index (χ0v) is 14.7. The number of rotatable bonds is 7. The van der Waals surface area contributed by atoms with Crippen molar-refractivity contribution in [3.8, 4) is 0 Å². The lowest BCUT2D eigenvalue weighted by Gasteiger charge is -2.23. The van der Waals surface area contributed by atoms with Crippen LogP contribution in [0.4, 0.5) is 13.2 Å². The summed E-state index contributed by atoms with van der Waals surface area (Å²) in [6.45, 7) is 0.404. The van der Waals surface area contributed by atoms with Gasteiger partial charge in [0.05, 0.1) is 12.1 Å². The molecule has 0 saturated carbocycles. The summed E-state index contributed by atoms with van der Waals surface area (Å²) in [6, 6.07) is 14.6. The van der Waals surface area contributed by atoms with Crippen LogP contribution in [0.25, 0.3) is 0 Å². The van der Waals surface area contributed by atoms with E-state index in [9.17, 15) is 18.0 Å². The molecule has 0 unspecified atom stereocenters. The van der Waals surface area contributed by atoms with E-state index in [-0.39, 0.29) is 30.2 Å². The van der Waals surface area contributed by atoms with Gasteiger partial charge in [0.1, 0.15) is 6.26 Å². The number of nitrogens with zero attached hydrogens (tertiary/aromatic N) is 2. The smallest absolute Gasteiger partial charge is 0.416 e. The zero-order valence-electron chi connectivity index (χ0n) is 14.7. The quantitative estimate of drug-likeness (QED) is 0.639. The first-order valence-corrected chi connectivity index (χ1v) is 8.42. The Labute approximate surface area is 159 Å². The summed E-state index contributed by atoms with van der Waals surface area (Å²) in [4.78, 5) is 16.6. The molecular weight excluding hydrogens is 373 g/mol. The van der Waals surface area contributed by atoms with Crippen molar-refractivity contribution in [2.24, 2.45) is 0 Å². The van der Waals surface area contributed by atoms with Crippen LogP contribution in [0.2, 0.25) is 0 Å². The molecule has 0 radical (unpaired) electrons. The van der Waals surface area contributed by atoms with E-state index < -0.39 is 17.7 Å². The molecule has 0 aliphatic heterocycles. The van der Waals surface area contributed by atoms with Crippen LogP contribution in [0.3, 0.4) is 0 Å². The Kier molecular flexibility index (Phi) is 5.79. The first-order chi connectivity index (χ1) is 13.3. The van der Waals surface area contributed by atoms with Gasteiger partial charge in [0.15, 0.2) is 5.69 Å². The first kappa shape index (κ1) is 19.6. The number of benzene rings is 2. The second-order valence-electron chi connectivity index (χ2n) is 6.22. The molecule has 0 fully saturated rings. The maximum Gasteiger partial charge on any atom is 0.416 e. The van der Waals surface area contributed by atoms with Gasteiger partial charge in [-0.25, -0.2) is 9.78 Å². The molecular formula is C20H17F3N2O3. The second kappa shape index (κ2) is 8.26. The highest BCUT2D eigenvalue weighted by atomic mass is 19.4. The van der Waals surface area contributed by atoms with Crippen molar-refractivity contribution in [3.63, 3.8) is 0 Å². The van der Waals surface area contributed by atoms with Crippen molar-refractivity contribution < 1.29 is 27.5 Å². The largest absolute Gasteiger partial charge is 0.476 e. The monoisotopic (exact) mass is 390 g/mol. The molecule has 2 aromatic carbocycles. The Balaban J connectivity index is 1.87. The van der Waals surface area contributed by atoms with Gasteiger partial charge in [-0.2, -0.15) is 13.2 Å². The van der Waals surface area contributed by atoms with E-state index >= 15 is 0 Å². The van der Waals surface area contributed by atoms with Crippen LogP contribution >= 0.6 is 0 Å². The number of aromatic nitrogens is 1. The normalized spacial score (nSPS) is 11.7. The highest BCUT2D eigenvalue weighted by Crippen LogP contribution is 2.32. The van der Waals surface area contributed by atoms with Crippen molar-refractivity contribution in [2.45, 2.75) is 25.8 Å². The number of hydrogen-bond acceptors (Lipinski definition) is 4. The number of alkyl halides is 3. The molecule has 0 spiro atoms. The summed E-state index contributed by atoms with van der Waals surface area (Å²) in [7, 11) is 0. The third kappa shape index (κ3) is 4.98. The fourth-order valence-electron chi connectivity index (χ4n) is 2.86. The molecule has 0 bridgehead atoms.